The highest BCUT2D eigenvalue weighted by Crippen LogP contribution is 2.13. The summed E-state index contributed by atoms with van der Waals surface area (Å²) in [5.41, 5.74) is 1.34. The summed E-state index contributed by atoms with van der Waals surface area (Å²) >= 11 is 0. The van der Waals surface area contributed by atoms with Gasteiger partial charge in [0.25, 0.3) is 0 Å². The number of hydrogen-bond donors (Lipinski definition) is 0. The molecule has 3 nitrogen and oxygen atoms in total. The first-order valence-electron chi connectivity index (χ1n) is 7.00. The molecule has 3 heteroatoms. The third-order valence-electron chi connectivity index (χ3n) is 3.51. The summed E-state index contributed by atoms with van der Waals surface area (Å²) in [5.74, 6) is 0. The van der Waals surface area contributed by atoms with Gasteiger partial charge in [-0.3, -0.25) is 4.90 Å². The molecule has 0 aromatic heterocycles. The zero-order valence-corrected chi connectivity index (χ0v) is 11.3. The van der Waals surface area contributed by atoms with E-state index >= 15 is 0 Å². The van der Waals surface area contributed by atoms with Gasteiger partial charge >= 0.3 is 0 Å². The van der Waals surface area contributed by atoms with Gasteiger partial charge in [-0.1, -0.05) is 18.2 Å². The fourth-order valence-corrected chi connectivity index (χ4v) is 2.42. The molecule has 0 spiro atoms. The summed E-state index contributed by atoms with van der Waals surface area (Å²) in [6.45, 7) is 9.61. The predicted molar refractivity (Wildman–Crippen MR) is 76.2 cm³/mol. The zero-order valence-electron chi connectivity index (χ0n) is 11.3. The maximum absolute atomic E-state index is 5.37. The van der Waals surface area contributed by atoms with Crippen LogP contribution < -0.4 is 4.90 Å². The summed E-state index contributed by atoms with van der Waals surface area (Å²) in [5, 5.41) is 0. The Kier molecular flexibility index (Phi) is 5.49. The fourth-order valence-electron chi connectivity index (χ4n) is 2.42. The van der Waals surface area contributed by atoms with Gasteiger partial charge in [0.1, 0.15) is 0 Å². The van der Waals surface area contributed by atoms with Crippen molar-refractivity contribution in [1.29, 1.82) is 0 Å². The average Bonchev–Trinajstić information content (AvgIpc) is 2.46. The highest BCUT2D eigenvalue weighted by molar-refractivity contribution is 5.45. The van der Waals surface area contributed by atoms with Crippen LogP contribution in [0.1, 0.15) is 13.3 Å². The summed E-state index contributed by atoms with van der Waals surface area (Å²) < 4.78 is 5.37. The van der Waals surface area contributed by atoms with Crippen LogP contribution in [-0.4, -0.2) is 50.8 Å². The Morgan fingerprint density at radius 3 is 2.56 bits per heavy atom. The average molecular weight is 248 g/mol. The van der Waals surface area contributed by atoms with E-state index < -0.39 is 0 Å². The number of nitrogens with zero attached hydrogens (tertiary/aromatic N) is 2. The van der Waals surface area contributed by atoms with Crippen molar-refractivity contribution < 1.29 is 4.74 Å². The summed E-state index contributed by atoms with van der Waals surface area (Å²) in [6, 6.07) is 10.7. The molecule has 2 rings (SSSR count). The van der Waals surface area contributed by atoms with Gasteiger partial charge in [-0.25, -0.2) is 0 Å². The van der Waals surface area contributed by atoms with Crippen molar-refractivity contribution in [1.82, 2.24) is 4.90 Å². The van der Waals surface area contributed by atoms with E-state index in [4.69, 9.17) is 4.74 Å². The number of para-hydroxylation sites is 1. The van der Waals surface area contributed by atoms with Crippen LogP contribution >= 0.6 is 0 Å². The van der Waals surface area contributed by atoms with E-state index in [1.807, 2.05) is 0 Å². The van der Waals surface area contributed by atoms with Crippen molar-refractivity contribution >= 4 is 5.69 Å². The molecule has 0 saturated carbocycles. The normalized spacial score (nSPS) is 16.7. The maximum Gasteiger partial charge on any atom is 0.0594 e. The molecule has 0 radical (unpaired) electrons. The second-order valence-electron chi connectivity index (χ2n) is 4.72. The summed E-state index contributed by atoms with van der Waals surface area (Å²) in [7, 11) is 0. The molecule has 1 saturated heterocycles. The van der Waals surface area contributed by atoms with E-state index in [9.17, 15) is 0 Å². The molecule has 0 amide bonds. The van der Waals surface area contributed by atoms with Gasteiger partial charge in [-0.05, 0) is 25.5 Å². The van der Waals surface area contributed by atoms with E-state index in [0.29, 0.717) is 0 Å². The van der Waals surface area contributed by atoms with Crippen molar-refractivity contribution in [3.05, 3.63) is 30.3 Å². The molecule has 0 N–H and O–H groups in total. The molecule has 100 valence electrons. The second-order valence-corrected chi connectivity index (χ2v) is 4.72. The molecule has 1 aromatic rings. The smallest absolute Gasteiger partial charge is 0.0594 e. The Balaban J connectivity index is 1.73. The van der Waals surface area contributed by atoms with Crippen LogP contribution in [0, 0.1) is 0 Å². The lowest BCUT2D eigenvalue weighted by atomic mass is 10.2. The number of ether oxygens (including phenoxy) is 1. The van der Waals surface area contributed by atoms with Crippen molar-refractivity contribution in [2.75, 3.05) is 50.8 Å². The number of rotatable bonds is 6. The van der Waals surface area contributed by atoms with Gasteiger partial charge in [0.15, 0.2) is 0 Å². The SMILES string of the molecule is CCN(CCCN1CCOCC1)c1ccccc1. The van der Waals surface area contributed by atoms with Gasteiger partial charge in [-0.2, -0.15) is 0 Å². The lowest BCUT2D eigenvalue weighted by Crippen LogP contribution is -2.38. The molecular formula is C15H24N2O. The standard InChI is InChI=1S/C15H24N2O/c1-2-17(15-7-4-3-5-8-15)10-6-9-16-11-13-18-14-12-16/h3-5,7-8H,2,6,9-14H2,1H3. The van der Waals surface area contributed by atoms with Crippen molar-refractivity contribution in [2.45, 2.75) is 13.3 Å². The molecule has 1 heterocycles. The first-order chi connectivity index (χ1) is 8.90. The topological polar surface area (TPSA) is 15.7 Å². The predicted octanol–water partition coefficient (Wildman–Crippen LogP) is 2.24. The minimum absolute atomic E-state index is 0.899. The highest BCUT2D eigenvalue weighted by Gasteiger charge is 2.10. The van der Waals surface area contributed by atoms with E-state index in [-0.39, 0.29) is 0 Å². The summed E-state index contributed by atoms with van der Waals surface area (Å²) in [6.07, 6.45) is 1.22. The number of anilines is 1. The highest BCUT2D eigenvalue weighted by atomic mass is 16.5. The largest absolute Gasteiger partial charge is 0.379 e. The summed E-state index contributed by atoms with van der Waals surface area (Å²) in [4.78, 5) is 4.95. The van der Waals surface area contributed by atoms with Gasteiger partial charge in [-0.15, -0.1) is 0 Å². The van der Waals surface area contributed by atoms with E-state index in [2.05, 4.69) is 47.1 Å². The number of hydrogen-bond acceptors (Lipinski definition) is 3. The Hall–Kier alpha value is -1.06. The number of morpholine rings is 1. The van der Waals surface area contributed by atoms with Gasteiger partial charge in [0.05, 0.1) is 13.2 Å². The molecule has 0 aliphatic carbocycles. The molecule has 0 bridgehead atoms. The van der Waals surface area contributed by atoms with Crippen LogP contribution in [0.4, 0.5) is 5.69 Å². The molecule has 0 atom stereocenters. The van der Waals surface area contributed by atoms with Crippen LogP contribution in [-0.2, 0) is 4.74 Å². The van der Waals surface area contributed by atoms with E-state index in [1.54, 1.807) is 0 Å². The third kappa shape index (κ3) is 4.00. The first kappa shape index (κ1) is 13.4. The van der Waals surface area contributed by atoms with Crippen LogP contribution in [0.25, 0.3) is 0 Å². The third-order valence-corrected chi connectivity index (χ3v) is 3.51. The first-order valence-corrected chi connectivity index (χ1v) is 7.00. The van der Waals surface area contributed by atoms with E-state index in [0.717, 1.165) is 39.4 Å². The monoisotopic (exact) mass is 248 g/mol. The second kappa shape index (κ2) is 7.39. The van der Waals surface area contributed by atoms with Crippen LogP contribution in [0.5, 0.6) is 0 Å². The molecule has 18 heavy (non-hydrogen) atoms. The van der Waals surface area contributed by atoms with Crippen molar-refractivity contribution in [3.8, 4) is 0 Å². The minimum Gasteiger partial charge on any atom is -0.379 e. The lowest BCUT2D eigenvalue weighted by Gasteiger charge is -2.28. The Morgan fingerprint density at radius 1 is 1.17 bits per heavy atom. The van der Waals surface area contributed by atoms with E-state index in [1.165, 1.54) is 18.7 Å². The minimum atomic E-state index is 0.899. The number of benzene rings is 1. The zero-order chi connectivity index (χ0) is 12.6. The lowest BCUT2D eigenvalue weighted by molar-refractivity contribution is 0.0376. The van der Waals surface area contributed by atoms with Crippen LogP contribution in [0.15, 0.2) is 30.3 Å². The van der Waals surface area contributed by atoms with Gasteiger partial charge < -0.3 is 9.64 Å². The molecule has 1 aliphatic rings. The van der Waals surface area contributed by atoms with Gasteiger partial charge in [0, 0.05) is 38.4 Å². The molecule has 1 aliphatic heterocycles. The molecule has 1 aromatic carbocycles. The molecule has 0 unspecified atom stereocenters. The fraction of sp³-hybridized carbons (Fsp3) is 0.600. The van der Waals surface area contributed by atoms with Crippen LogP contribution in [0.2, 0.25) is 0 Å². The van der Waals surface area contributed by atoms with Crippen molar-refractivity contribution in [2.24, 2.45) is 0 Å². The Bertz CT molecular complexity index is 323. The van der Waals surface area contributed by atoms with Crippen molar-refractivity contribution in [3.63, 3.8) is 0 Å². The molecular weight excluding hydrogens is 224 g/mol. The quantitative estimate of drug-likeness (QED) is 0.768. The van der Waals surface area contributed by atoms with Crippen LogP contribution in [0.3, 0.4) is 0 Å². The Labute approximate surface area is 110 Å². The Morgan fingerprint density at radius 2 is 1.89 bits per heavy atom. The van der Waals surface area contributed by atoms with Gasteiger partial charge in [0.2, 0.25) is 0 Å². The molecule has 1 fully saturated rings. The maximum atomic E-state index is 5.37.